The Balaban J connectivity index is 2.11. The monoisotopic (exact) mass is 278 g/mol. The van der Waals surface area contributed by atoms with E-state index in [9.17, 15) is 9.18 Å². The number of hydrogen-bond donors (Lipinski definition) is 0. The van der Waals surface area contributed by atoms with E-state index in [1.54, 1.807) is 6.20 Å². The minimum atomic E-state index is -0.362. The van der Waals surface area contributed by atoms with Gasteiger partial charge in [0.2, 0.25) is 0 Å². The normalized spacial score (nSPS) is 10.5. The number of carbonyl (C=O) groups is 1. The van der Waals surface area contributed by atoms with Gasteiger partial charge in [0.15, 0.2) is 6.29 Å². The summed E-state index contributed by atoms with van der Waals surface area (Å²) in [6, 6.07) is 13.7. The summed E-state index contributed by atoms with van der Waals surface area (Å²) >= 11 is 0. The molecular formula is C17H11FN2O. The fraction of sp³-hybridized carbons (Fsp3) is 0.0588. The van der Waals surface area contributed by atoms with Crippen molar-refractivity contribution in [3.8, 4) is 6.07 Å². The number of rotatable bonds is 3. The highest BCUT2D eigenvalue weighted by Crippen LogP contribution is 2.22. The van der Waals surface area contributed by atoms with E-state index in [2.05, 4.69) is 0 Å². The van der Waals surface area contributed by atoms with E-state index in [0.29, 0.717) is 16.7 Å². The summed E-state index contributed by atoms with van der Waals surface area (Å²) in [4.78, 5) is 11.1. The molecule has 0 aliphatic heterocycles. The maximum absolute atomic E-state index is 13.9. The van der Waals surface area contributed by atoms with Crippen LogP contribution >= 0.6 is 0 Å². The van der Waals surface area contributed by atoms with Crippen LogP contribution in [0, 0.1) is 17.1 Å². The Kier molecular flexibility index (Phi) is 3.25. The van der Waals surface area contributed by atoms with E-state index < -0.39 is 0 Å². The van der Waals surface area contributed by atoms with Gasteiger partial charge in [0.25, 0.3) is 0 Å². The SMILES string of the molecule is N#Cc1ccc(F)c(Cn2cc(C=O)c3ccccc32)c1. The Labute approximate surface area is 120 Å². The Morgan fingerprint density at radius 2 is 2.05 bits per heavy atom. The van der Waals surface area contributed by atoms with Gasteiger partial charge in [0.05, 0.1) is 18.2 Å². The van der Waals surface area contributed by atoms with Crippen LogP contribution in [0.5, 0.6) is 0 Å². The van der Waals surface area contributed by atoms with E-state index in [0.717, 1.165) is 17.2 Å². The molecule has 0 bridgehead atoms. The number of aromatic nitrogens is 1. The first kappa shape index (κ1) is 13.1. The van der Waals surface area contributed by atoms with Crippen LogP contribution in [-0.2, 0) is 6.54 Å². The summed E-state index contributed by atoms with van der Waals surface area (Å²) in [5, 5.41) is 9.74. The Hall–Kier alpha value is -2.93. The number of hydrogen-bond acceptors (Lipinski definition) is 2. The van der Waals surface area contributed by atoms with Crippen molar-refractivity contribution in [2.45, 2.75) is 6.54 Å². The number of nitriles is 1. The van der Waals surface area contributed by atoms with Crippen LogP contribution in [0.3, 0.4) is 0 Å². The van der Waals surface area contributed by atoms with E-state index in [1.165, 1.54) is 18.2 Å². The minimum Gasteiger partial charge on any atom is -0.342 e. The highest BCUT2D eigenvalue weighted by Gasteiger charge is 2.10. The summed E-state index contributed by atoms with van der Waals surface area (Å²) < 4.78 is 15.7. The van der Waals surface area contributed by atoms with Gasteiger partial charge < -0.3 is 4.57 Å². The summed E-state index contributed by atoms with van der Waals surface area (Å²) in [6.45, 7) is 0.274. The standard InChI is InChI=1S/C17H11FN2O/c18-16-6-5-12(8-19)7-13(16)9-20-10-14(11-21)15-3-1-2-4-17(15)20/h1-7,10-11H,9H2. The Morgan fingerprint density at radius 3 is 2.81 bits per heavy atom. The lowest BCUT2D eigenvalue weighted by Crippen LogP contribution is -2.01. The first-order valence-corrected chi connectivity index (χ1v) is 6.44. The number of para-hydroxylation sites is 1. The lowest BCUT2D eigenvalue weighted by molar-refractivity contribution is 0.112. The number of nitrogens with zero attached hydrogens (tertiary/aromatic N) is 2. The van der Waals surface area contributed by atoms with Crippen LogP contribution in [0.1, 0.15) is 21.5 Å². The molecule has 0 aliphatic carbocycles. The number of carbonyl (C=O) groups excluding carboxylic acids is 1. The molecule has 0 fully saturated rings. The molecule has 0 radical (unpaired) electrons. The highest BCUT2D eigenvalue weighted by molar-refractivity contribution is 5.97. The summed E-state index contributed by atoms with van der Waals surface area (Å²) in [5.74, 6) is -0.362. The van der Waals surface area contributed by atoms with E-state index in [-0.39, 0.29) is 12.4 Å². The topological polar surface area (TPSA) is 45.8 Å². The first-order chi connectivity index (χ1) is 10.2. The summed E-state index contributed by atoms with van der Waals surface area (Å²) in [7, 11) is 0. The molecule has 0 saturated carbocycles. The molecule has 3 rings (SSSR count). The van der Waals surface area contributed by atoms with Crippen LogP contribution in [-0.4, -0.2) is 10.9 Å². The largest absolute Gasteiger partial charge is 0.342 e. The zero-order chi connectivity index (χ0) is 14.8. The molecule has 0 atom stereocenters. The summed E-state index contributed by atoms with van der Waals surface area (Å²) in [5.41, 5.74) is 2.27. The third kappa shape index (κ3) is 2.30. The van der Waals surface area contributed by atoms with Crippen molar-refractivity contribution in [1.29, 1.82) is 5.26 Å². The van der Waals surface area contributed by atoms with Crippen molar-refractivity contribution in [3.05, 3.63) is 71.2 Å². The van der Waals surface area contributed by atoms with Crippen molar-refractivity contribution < 1.29 is 9.18 Å². The molecule has 2 aromatic carbocycles. The van der Waals surface area contributed by atoms with Gasteiger partial charge in [-0.15, -0.1) is 0 Å². The first-order valence-electron chi connectivity index (χ1n) is 6.44. The van der Waals surface area contributed by atoms with E-state index in [4.69, 9.17) is 5.26 Å². The fourth-order valence-electron chi connectivity index (χ4n) is 2.45. The zero-order valence-corrected chi connectivity index (χ0v) is 11.1. The molecule has 1 heterocycles. The molecule has 0 saturated heterocycles. The van der Waals surface area contributed by atoms with Gasteiger partial charge in [0.1, 0.15) is 5.82 Å². The van der Waals surface area contributed by atoms with Gasteiger partial charge in [-0.05, 0) is 24.3 Å². The Bertz CT molecular complexity index is 874. The lowest BCUT2D eigenvalue weighted by Gasteiger charge is -2.07. The van der Waals surface area contributed by atoms with Gasteiger partial charge >= 0.3 is 0 Å². The predicted octanol–water partition coefficient (Wildman–Crippen LogP) is 3.51. The number of fused-ring (bicyclic) bond motifs is 1. The molecular weight excluding hydrogens is 267 g/mol. The number of benzene rings is 2. The predicted molar refractivity (Wildman–Crippen MR) is 77.5 cm³/mol. The second kappa shape index (κ2) is 5.22. The van der Waals surface area contributed by atoms with Crippen LogP contribution in [0.2, 0.25) is 0 Å². The second-order valence-corrected chi connectivity index (χ2v) is 4.77. The van der Waals surface area contributed by atoms with E-state index >= 15 is 0 Å². The molecule has 4 heteroatoms. The molecule has 3 aromatic rings. The van der Waals surface area contributed by atoms with Gasteiger partial charge in [-0.1, -0.05) is 18.2 Å². The van der Waals surface area contributed by atoms with Crippen molar-refractivity contribution in [1.82, 2.24) is 4.57 Å². The van der Waals surface area contributed by atoms with Crippen molar-refractivity contribution in [3.63, 3.8) is 0 Å². The molecule has 21 heavy (non-hydrogen) atoms. The molecule has 1 aromatic heterocycles. The van der Waals surface area contributed by atoms with Crippen molar-refractivity contribution in [2.24, 2.45) is 0 Å². The average molecular weight is 278 g/mol. The van der Waals surface area contributed by atoms with Crippen molar-refractivity contribution in [2.75, 3.05) is 0 Å². The average Bonchev–Trinajstić information content (AvgIpc) is 2.88. The van der Waals surface area contributed by atoms with Crippen LogP contribution in [0.25, 0.3) is 10.9 Å². The molecule has 0 spiro atoms. The third-order valence-corrected chi connectivity index (χ3v) is 3.46. The smallest absolute Gasteiger partial charge is 0.152 e. The van der Waals surface area contributed by atoms with Crippen LogP contribution in [0.4, 0.5) is 4.39 Å². The van der Waals surface area contributed by atoms with Crippen LogP contribution < -0.4 is 0 Å². The molecule has 0 amide bonds. The number of halogens is 1. The molecule has 0 N–H and O–H groups in total. The van der Waals surface area contributed by atoms with Gasteiger partial charge in [-0.2, -0.15) is 5.26 Å². The minimum absolute atomic E-state index is 0.274. The van der Waals surface area contributed by atoms with Crippen LogP contribution in [0.15, 0.2) is 48.7 Å². The van der Waals surface area contributed by atoms with Gasteiger partial charge in [-0.25, -0.2) is 4.39 Å². The van der Waals surface area contributed by atoms with Crippen molar-refractivity contribution >= 4 is 17.2 Å². The quantitative estimate of drug-likeness (QED) is 0.688. The molecule has 3 nitrogen and oxygen atoms in total. The maximum atomic E-state index is 13.9. The maximum Gasteiger partial charge on any atom is 0.152 e. The van der Waals surface area contributed by atoms with Gasteiger partial charge in [-0.3, -0.25) is 4.79 Å². The van der Waals surface area contributed by atoms with Gasteiger partial charge in [0, 0.05) is 28.2 Å². The molecule has 0 aliphatic rings. The third-order valence-electron chi connectivity index (χ3n) is 3.46. The van der Waals surface area contributed by atoms with E-state index in [1.807, 2.05) is 34.9 Å². The zero-order valence-electron chi connectivity index (χ0n) is 11.1. The molecule has 0 unspecified atom stereocenters. The second-order valence-electron chi connectivity index (χ2n) is 4.77. The molecule has 102 valence electrons. The summed E-state index contributed by atoms with van der Waals surface area (Å²) in [6.07, 6.45) is 2.50. The Morgan fingerprint density at radius 1 is 1.24 bits per heavy atom. The number of aldehydes is 1. The fourth-order valence-corrected chi connectivity index (χ4v) is 2.45. The lowest BCUT2D eigenvalue weighted by atomic mass is 10.1. The highest BCUT2D eigenvalue weighted by atomic mass is 19.1.